The van der Waals surface area contributed by atoms with Crippen molar-refractivity contribution < 1.29 is 25.5 Å². The standard InChI is InChI=1S/C41H24N4O5S/c46-35-31(36(47)38(49)39(50)37(35)48)33-32-26(15-8-18-42-32)43-41(44-33)20-9-7-10-21(19-20)45-27-16-5-3-13-24(27)29-22-11-1-2-12-23(22)30-25-14-4-6-17-28(25)51-40(30)34(29)45/h1-19,46-50H. The average Bonchev–Trinajstić information content (AvgIpc) is 3.73. The van der Waals surface area contributed by atoms with E-state index in [2.05, 4.69) is 76.3 Å². The van der Waals surface area contributed by atoms with Crippen LogP contribution in [0.5, 0.6) is 28.7 Å². The zero-order valence-electron chi connectivity index (χ0n) is 26.4. The quantitative estimate of drug-likeness (QED) is 0.0914. The number of phenolic OH excluding ortho intramolecular Hbond substituents is 5. The first kappa shape index (κ1) is 29.0. The lowest BCUT2D eigenvalue weighted by molar-refractivity contribution is 0.330. The molecule has 9 nitrogen and oxygen atoms in total. The number of rotatable bonds is 3. The number of fused-ring (bicyclic) bond motifs is 11. The van der Waals surface area contributed by atoms with Gasteiger partial charge in [0.25, 0.3) is 0 Å². The number of nitrogens with zero attached hydrogens (tertiary/aromatic N) is 4. The van der Waals surface area contributed by atoms with Gasteiger partial charge in [0.05, 0.1) is 26.8 Å². The zero-order valence-corrected chi connectivity index (χ0v) is 27.2. The Morgan fingerprint density at radius 1 is 0.569 bits per heavy atom. The first-order valence-corrected chi connectivity index (χ1v) is 16.9. The highest BCUT2D eigenvalue weighted by Crippen LogP contribution is 2.55. The van der Waals surface area contributed by atoms with Gasteiger partial charge >= 0.3 is 0 Å². The Hall–Kier alpha value is -6.91. The lowest BCUT2D eigenvalue weighted by Gasteiger charge is -2.15. The number of thiophene rings is 1. The molecule has 0 aliphatic rings. The molecule has 0 saturated carbocycles. The molecule has 0 aliphatic heterocycles. The molecular weight excluding hydrogens is 661 g/mol. The monoisotopic (exact) mass is 684 g/mol. The van der Waals surface area contributed by atoms with Crippen LogP contribution in [0.4, 0.5) is 0 Å². The van der Waals surface area contributed by atoms with Gasteiger partial charge in [-0.2, -0.15) is 0 Å². The van der Waals surface area contributed by atoms with Crippen molar-refractivity contribution in [3.05, 3.63) is 115 Å². The molecule has 0 aliphatic carbocycles. The summed E-state index contributed by atoms with van der Waals surface area (Å²) in [4.78, 5) is 13.9. The van der Waals surface area contributed by atoms with Gasteiger partial charge in [0, 0.05) is 43.7 Å². The number of para-hydroxylation sites is 1. The van der Waals surface area contributed by atoms with Crippen LogP contribution in [0.25, 0.3) is 92.1 Å². The Morgan fingerprint density at radius 3 is 2.02 bits per heavy atom. The van der Waals surface area contributed by atoms with Crippen molar-refractivity contribution >= 4 is 75.1 Å². The van der Waals surface area contributed by atoms with Crippen molar-refractivity contribution in [3.8, 4) is 57.1 Å². The SMILES string of the molecule is Oc1c(O)c(O)c(-c2nc(-c3cccc(-n4c5ccccc5c5c6ccccc6c6c7ccccc7sc6c54)c3)nc3cccnc23)c(O)c1O. The summed E-state index contributed by atoms with van der Waals surface area (Å²) >= 11 is 1.78. The highest BCUT2D eigenvalue weighted by molar-refractivity contribution is 7.27. The molecule has 0 radical (unpaired) electrons. The minimum absolute atomic E-state index is 0.0445. The van der Waals surface area contributed by atoms with Crippen molar-refractivity contribution in [2.45, 2.75) is 0 Å². The second kappa shape index (κ2) is 10.5. The largest absolute Gasteiger partial charge is 0.504 e. The van der Waals surface area contributed by atoms with E-state index in [0.717, 1.165) is 22.1 Å². The summed E-state index contributed by atoms with van der Waals surface area (Å²) in [6.07, 6.45) is 1.50. The maximum Gasteiger partial charge on any atom is 0.208 e. The normalized spacial score (nSPS) is 11.9. The van der Waals surface area contributed by atoms with Gasteiger partial charge in [-0.15, -0.1) is 11.3 Å². The van der Waals surface area contributed by atoms with Crippen LogP contribution < -0.4 is 0 Å². The summed E-state index contributed by atoms with van der Waals surface area (Å²) < 4.78 is 4.68. The van der Waals surface area contributed by atoms with E-state index in [0.29, 0.717) is 11.1 Å². The molecule has 6 aromatic carbocycles. The topological polar surface area (TPSA) is 145 Å². The Bertz CT molecular complexity index is 3080. The van der Waals surface area contributed by atoms with Gasteiger partial charge in [0.15, 0.2) is 17.3 Å². The molecule has 4 aromatic heterocycles. The molecule has 0 fully saturated rings. The third kappa shape index (κ3) is 3.99. The summed E-state index contributed by atoms with van der Waals surface area (Å²) in [6, 6.07) is 36.7. The van der Waals surface area contributed by atoms with E-state index in [1.54, 1.807) is 23.5 Å². The summed E-state index contributed by atoms with van der Waals surface area (Å²) in [5.41, 5.74) is 3.79. The molecule has 51 heavy (non-hydrogen) atoms. The van der Waals surface area contributed by atoms with Gasteiger partial charge < -0.3 is 30.1 Å². The second-order valence-electron chi connectivity index (χ2n) is 12.4. The van der Waals surface area contributed by atoms with Crippen molar-refractivity contribution in [1.82, 2.24) is 19.5 Å². The molecule has 244 valence electrons. The van der Waals surface area contributed by atoms with E-state index < -0.39 is 34.3 Å². The molecule has 10 rings (SSSR count). The number of phenols is 5. The maximum atomic E-state index is 10.9. The maximum absolute atomic E-state index is 10.9. The number of pyridine rings is 1. The van der Waals surface area contributed by atoms with Gasteiger partial charge in [0.2, 0.25) is 17.2 Å². The summed E-state index contributed by atoms with van der Waals surface area (Å²) in [6.45, 7) is 0. The molecule has 4 heterocycles. The molecule has 0 saturated heterocycles. The predicted octanol–water partition coefficient (Wildman–Crippen LogP) is 9.50. The Kier molecular flexibility index (Phi) is 6.00. The zero-order chi connectivity index (χ0) is 34.5. The van der Waals surface area contributed by atoms with Gasteiger partial charge in [-0.3, -0.25) is 4.98 Å². The fourth-order valence-corrected chi connectivity index (χ4v) is 8.62. The van der Waals surface area contributed by atoms with Gasteiger partial charge in [0.1, 0.15) is 11.2 Å². The number of benzene rings is 6. The third-order valence-electron chi connectivity index (χ3n) is 9.58. The molecule has 0 spiro atoms. The van der Waals surface area contributed by atoms with Crippen LogP contribution in [0.15, 0.2) is 115 Å². The minimum Gasteiger partial charge on any atom is -0.504 e. The predicted molar refractivity (Wildman–Crippen MR) is 201 cm³/mol. The Labute approximate surface area is 291 Å². The van der Waals surface area contributed by atoms with Crippen molar-refractivity contribution in [3.63, 3.8) is 0 Å². The Balaban J connectivity index is 1.28. The molecule has 0 unspecified atom stereocenters. The average molecular weight is 685 g/mol. The number of hydrogen-bond donors (Lipinski definition) is 5. The smallest absolute Gasteiger partial charge is 0.208 e. The van der Waals surface area contributed by atoms with E-state index in [4.69, 9.17) is 9.97 Å². The molecule has 10 aromatic rings. The number of aromatic hydroxyl groups is 5. The molecule has 10 heteroatoms. The van der Waals surface area contributed by atoms with E-state index in [9.17, 15) is 25.5 Å². The van der Waals surface area contributed by atoms with E-state index >= 15 is 0 Å². The van der Waals surface area contributed by atoms with Crippen LogP contribution in [0.3, 0.4) is 0 Å². The third-order valence-corrected chi connectivity index (χ3v) is 10.8. The van der Waals surface area contributed by atoms with Gasteiger partial charge in [-0.1, -0.05) is 72.8 Å². The first-order chi connectivity index (χ1) is 24.9. The summed E-state index contributed by atoms with van der Waals surface area (Å²) in [5, 5.41) is 59.6. The fraction of sp³-hybridized carbons (Fsp3) is 0. The summed E-state index contributed by atoms with van der Waals surface area (Å²) in [5.74, 6) is -4.54. The number of hydrogen-bond acceptors (Lipinski definition) is 9. The number of aromatic nitrogens is 4. The van der Waals surface area contributed by atoms with Crippen LogP contribution in [0, 0.1) is 0 Å². The minimum atomic E-state index is -1.06. The molecule has 0 atom stereocenters. The second-order valence-corrected chi connectivity index (χ2v) is 13.4. The van der Waals surface area contributed by atoms with Crippen molar-refractivity contribution in [2.75, 3.05) is 0 Å². The van der Waals surface area contributed by atoms with Crippen LogP contribution in [-0.2, 0) is 0 Å². The highest BCUT2D eigenvalue weighted by Gasteiger charge is 2.28. The van der Waals surface area contributed by atoms with Gasteiger partial charge in [-0.25, -0.2) is 9.97 Å². The fourth-order valence-electron chi connectivity index (χ4n) is 7.36. The van der Waals surface area contributed by atoms with Crippen LogP contribution in [0.2, 0.25) is 0 Å². The molecular formula is C41H24N4O5S. The molecule has 0 amide bonds. The lowest BCUT2D eigenvalue weighted by Crippen LogP contribution is -1.99. The Morgan fingerprint density at radius 2 is 1.24 bits per heavy atom. The highest BCUT2D eigenvalue weighted by atomic mass is 32.1. The van der Waals surface area contributed by atoms with Crippen molar-refractivity contribution in [2.24, 2.45) is 0 Å². The molecule has 5 N–H and O–H groups in total. The van der Waals surface area contributed by atoms with Crippen LogP contribution in [0.1, 0.15) is 0 Å². The first-order valence-electron chi connectivity index (χ1n) is 16.1. The van der Waals surface area contributed by atoms with E-state index in [1.807, 2.05) is 30.3 Å². The summed E-state index contributed by atoms with van der Waals surface area (Å²) in [7, 11) is 0. The van der Waals surface area contributed by atoms with Crippen molar-refractivity contribution in [1.29, 1.82) is 0 Å². The lowest BCUT2D eigenvalue weighted by atomic mass is 9.99. The molecule has 0 bridgehead atoms. The van der Waals surface area contributed by atoms with Crippen LogP contribution in [-0.4, -0.2) is 45.1 Å². The van der Waals surface area contributed by atoms with Crippen LogP contribution >= 0.6 is 11.3 Å². The van der Waals surface area contributed by atoms with E-state index in [-0.39, 0.29) is 17.0 Å². The van der Waals surface area contributed by atoms with E-state index in [1.165, 1.54) is 42.5 Å². The van der Waals surface area contributed by atoms with Gasteiger partial charge in [-0.05, 0) is 47.2 Å².